The van der Waals surface area contributed by atoms with E-state index in [1.54, 1.807) is 0 Å². The second-order valence-corrected chi connectivity index (χ2v) is 3.17. The SMILES string of the molecule is NC(=O)NN=Cc1c(O)cc(O)cc1CCl. The van der Waals surface area contributed by atoms with Gasteiger partial charge in [0.25, 0.3) is 0 Å². The summed E-state index contributed by atoms with van der Waals surface area (Å²) < 4.78 is 0. The van der Waals surface area contributed by atoms with Gasteiger partial charge in [-0.25, -0.2) is 10.2 Å². The zero-order chi connectivity index (χ0) is 12.1. The summed E-state index contributed by atoms with van der Waals surface area (Å²) in [5.41, 5.74) is 7.56. The Labute approximate surface area is 96.3 Å². The molecule has 6 nitrogen and oxygen atoms in total. The van der Waals surface area contributed by atoms with Gasteiger partial charge in [0.15, 0.2) is 0 Å². The van der Waals surface area contributed by atoms with E-state index in [0.717, 1.165) is 6.07 Å². The van der Waals surface area contributed by atoms with Gasteiger partial charge in [0.05, 0.1) is 6.21 Å². The number of nitrogens with one attached hydrogen (secondary N) is 1. The Morgan fingerprint density at radius 3 is 2.81 bits per heavy atom. The molecule has 0 heterocycles. The van der Waals surface area contributed by atoms with Crippen LogP contribution in [0.25, 0.3) is 0 Å². The van der Waals surface area contributed by atoms with Crippen LogP contribution in [0, 0.1) is 0 Å². The lowest BCUT2D eigenvalue weighted by molar-refractivity contribution is 0.249. The van der Waals surface area contributed by atoms with Crippen LogP contribution in [0.1, 0.15) is 11.1 Å². The molecule has 0 radical (unpaired) electrons. The van der Waals surface area contributed by atoms with E-state index in [1.807, 2.05) is 5.43 Å². The van der Waals surface area contributed by atoms with E-state index in [1.165, 1.54) is 12.3 Å². The Balaban J connectivity index is 3.02. The molecular formula is C9H10ClN3O3. The Hall–Kier alpha value is -1.95. The number of hydrogen-bond acceptors (Lipinski definition) is 4. The fourth-order valence-electron chi connectivity index (χ4n) is 1.10. The zero-order valence-electron chi connectivity index (χ0n) is 8.14. The van der Waals surface area contributed by atoms with Gasteiger partial charge in [-0.15, -0.1) is 11.6 Å². The van der Waals surface area contributed by atoms with Gasteiger partial charge in [0.2, 0.25) is 0 Å². The normalized spacial score (nSPS) is 10.6. The standard InChI is InChI=1S/C9H10ClN3O3/c10-3-5-1-6(14)2-8(15)7(5)4-12-13-9(11)16/h1-2,4,14-15H,3H2,(H3,11,13,16). The van der Waals surface area contributed by atoms with E-state index in [0.29, 0.717) is 11.1 Å². The van der Waals surface area contributed by atoms with Gasteiger partial charge < -0.3 is 15.9 Å². The number of hydrazone groups is 1. The van der Waals surface area contributed by atoms with Crippen molar-refractivity contribution >= 4 is 23.8 Å². The van der Waals surface area contributed by atoms with Crippen LogP contribution in [0.4, 0.5) is 4.79 Å². The molecule has 0 aliphatic rings. The summed E-state index contributed by atoms with van der Waals surface area (Å²) >= 11 is 5.62. The summed E-state index contributed by atoms with van der Waals surface area (Å²) in [4.78, 5) is 10.4. The minimum absolute atomic E-state index is 0.0832. The number of aromatic hydroxyl groups is 2. The minimum Gasteiger partial charge on any atom is -0.508 e. The number of amides is 2. The molecule has 1 rings (SSSR count). The third kappa shape index (κ3) is 3.03. The van der Waals surface area contributed by atoms with Gasteiger partial charge in [-0.3, -0.25) is 0 Å². The summed E-state index contributed by atoms with van der Waals surface area (Å²) in [5, 5.41) is 22.2. The van der Waals surface area contributed by atoms with Gasteiger partial charge in [0.1, 0.15) is 11.5 Å². The molecule has 0 aromatic heterocycles. The number of phenols is 2. The molecule has 16 heavy (non-hydrogen) atoms. The Bertz CT molecular complexity index is 434. The number of urea groups is 1. The van der Waals surface area contributed by atoms with Crippen molar-refractivity contribution in [2.24, 2.45) is 10.8 Å². The molecule has 0 atom stereocenters. The largest absolute Gasteiger partial charge is 0.508 e. The van der Waals surface area contributed by atoms with Crippen molar-refractivity contribution in [3.05, 3.63) is 23.3 Å². The first kappa shape index (κ1) is 12.1. The smallest absolute Gasteiger partial charge is 0.332 e. The maximum Gasteiger partial charge on any atom is 0.332 e. The van der Waals surface area contributed by atoms with Gasteiger partial charge in [0, 0.05) is 17.5 Å². The quantitative estimate of drug-likeness (QED) is 0.359. The molecule has 0 saturated carbocycles. The lowest BCUT2D eigenvalue weighted by atomic mass is 10.1. The van der Waals surface area contributed by atoms with Crippen LogP contribution in [-0.2, 0) is 5.88 Å². The molecule has 0 saturated heterocycles. The Morgan fingerprint density at radius 2 is 2.25 bits per heavy atom. The van der Waals surface area contributed by atoms with Crippen molar-refractivity contribution in [3.8, 4) is 11.5 Å². The monoisotopic (exact) mass is 243 g/mol. The molecule has 1 aromatic carbocycles. The third-order valence-electron chi connectivity index (χ3n) is 1.74. The van der Waals surface area contributed by atoms with Crippen molar-refractivity contribution in [2.75, 3.05) is 0 Å². The van der Waals surface area contributed by atoms with E-state index < -0.39 is 6.03 Å². The number of nitrogens with zero attached hydrogens (tertiary/aromatic N) is 1. The first-order valence-electron chi connectivity index (χ1n) is 4.24. The van der Waals surface area contributed by atoms with Crippen molar-refractivity contribution in [2.45, 2.75) is 5.88 Å². The number of halogens is 1. The molecule has 0 fully saturated rings. The number of hydrogen-bond donors (Lipinski definition) is 4. The third-order valence-corrected chi connectivity index (χ3v) is 2.03. The summed E-state index contributed by atoms with van der Waals surface area (Å²) in [6.45, 7) is 0. The van der Waals surface area contributed by atoms with E-state index >= 15 is 0 Å². The maximum absolute atomic E-state index is 10.4. The lowest BCUT2D eigenvalue weighted by Gasteiger charge is -2.05. The summed E-state index contributed by atoms with van der Waals surface area (Å²) in [7, 11) is 0. The number of carbonyl (C=O) groups is 1. The van der Waals surface area contributed by atoms with Gasteiger partial charge in [-0.05, 0) is 11.6 Å². The molecule has 0 spiro atoms. The Kier molecular flexibility index (Phi) is 3.96. The lowest BCUT2D eigenvalue weighted by Crippen LogP contribution is -2.24. The highest BCUT2D eigenvalue weighted by molar-refractivity contribution is 6.17. The molecule has 86 valence electrons. The molecular weight excluding hydrogens is 234 g/mol. The molecule has 2 amide bonds. The van der Waals surface area contributed by atoms with Crippen molar-refractivity contribution in [1.29, 1.82) is 0 Å². The molecule has 1 aromatic rings. The average molecular weight is 244 g/mol. The van der Waals surface area contributed by atoms with Crippen LogP contribution in [0.2, 0.25) is 0 Å². The van der Waals surface area contributed by atoms with Crippen LogP contribution in [-0.4, -0.2) is 22.5 Å². The fourth-order valence-corrected chi connectivity index (χ4v) is 1.32. The number of carbonyl (C=O) groups excluding carboxylic acids is 1. The number of benzene rings is 1. The molecule has 0 unspecified atom stereocenters. The van der Waals surface area contributed by atoms with Gasteiger partial charge in [-0.2, -0.15) is 5.10 Å². The van der Waals surface area contributed by atoms with E-state index in [4.69, 9.17) is 17.3 Å². The second kappa shape index (κ2) is 5.22. The van der Waals surface area contributed by atoms with Crippen LogP contribution in [0.3, 0.4) is 0 Å². The van der Waals surface area contributed by atoms with Crippen LogP contribution in [0.15, 0.2) is 17.2 Å². The van der Waals surface area contributed by atoms with Crippen molar-refractivity contribution in [3.63, 3.8) is 0 Å². The highest BCUT2D eigenvalue weighted by atomic mass is 35.5. The highest BCUT2D eigenvalue weighted by Crippen LogP contribution is 2.26. The summed E-state index contributed by atoms with van der Waals surface area (Å²) in [6, 6.07) is 1.71. The highest BCUT2D eigenvalue weighted by Gasteiger charge is 2.07. The molecule has 5 N–H and O–H groups in total. The predicted octanol–water partition coefficient (Wildman–Crippen LogP) is 0.839. The number of nitrogens with two attached hydrogens (primary N) is 1. The van der Waals surface area contributed by atoms with Crippen LogP contribution in [0.5, 0.6) is 11.5 Å². The number of phenolic OH excluding ortho intramolecular Hbond substituents is 2. The molecule has 0 aliphatic heterocycles. The van der Waals surface area contributed by atoms with Gasteiger partial charge >= 0.3 is 6.03 Å². The average Bonchev–Trinajstić information content (AvgIpc) is 2.20. The maximum atomic E-state index is 10.4. The predicted molar refractivity (Wildman–Crippen MR) is 59.6 cm³/mol. The zero-order valence-corrected chi connectivity index (χ0v) is 8.90. The second-order valence-electron chi connectivity index (χ2n) is 2.91. The van der Waals surface area contributed by atoms with E-state index in [9.17, 15) is 15.0 Å². The summed E-state index contributed by atoms with van der Waals surface area (Å²) in [6.07, 6.45) is 1.19. The number of rotatable bonds is 3. The Morgan fingerprint density at radius 1 is 1.56 bits per heavy atom. The summed E-state index contributed by atoms with van der Waals surface area (Å²) in [5.74, 6) is -0.210. The first-order chi connectivity index (χ1) is 7.54. The first-order valence-corrected chi connectivity index (χ1v) is 4.77. The van der Waals surface area contributed by atoms with Crippen LogP contribution < -0.4 is 11.2 Å². The molecule has 7 heteroatoms. The number of primary amides is 1. The number of alkyl halides is 1. The van der Waals surface area contributed by atoms with E-state index in [-0.39, 0.29) is 17.4 Å². The van der Waals surface area contributed by atoms with E-state index in [2.05, 4.69) is 5.10 Å². The van der Waals surface area contributed by atoms with Crippen molar-refractivity contribution in [1.82, 2.24) is 5.43 Å². The molecule has 0 bridgehead atoms. The molecule has 0 aliphatic carbocycles. The van der Waals surface area contributed by atoms with Gasteiger partial charge in [-0.1, -0.05) is 0 Å². The van der Waals surface area contributed by atoms with Crippen LogP contribution >= 0.6 is 11.6 Å². The topological polar surface area (TPSA) is 108 Å². The van der Waals surface area contributed by atoms with Crippen molar-refractivity contribution < 1.29 is 15.0 Å². The minimum atomic E-state index is -0.818. The fraction of sp³-hybridized carbons (Fsp3) is 0.111.